The van der Waals surface area contributed by atoms with Gasteiger partial charge >= 0.3 is 0 Å². The molecule has 0 amide bonds. The lowest BCUT2D eigenvalue weighted by atomic mass is 9.61. The van der Waals surface area contributed by atoms with Crippen LogP contribution in [0.1, 0.15) is 82.0 Å². The van der Waals surface area contributed by atoms with Crippen LogP contribution in [0.3, 0.4) is 0 Å². The molecule has 1 aliphatic heterocycles. The van der Waals surface area contributed by atoms with Crippen molar-refractivity contribution < 1.29 is 5.11 Å². The van der Waals surface area contributed by atoms with Crippen molar-refractivity contribution in [3.63, 3.8) is 0 Å². The fourth-order valence-electron chi connectivity index (χ4n) is 6.67. The average Bonchev–Trinajstić information content (AvgIpc) is 3.11. The molecule has 2 heterocycles. The first-order valence-corrected chi connectivity index (χ1v) is 10.4. The molecule has 1 aromatic rings. The Hall–Kier alpha value is -0.800. The van der Waals surface area contributed by atoms with Crippen LogP contribution < -0.4 is 5.32 Å². The van der Waals surface area contributed by atoms with E-state index in [1.54, 1.807) is 0 Å². The first-order valence-electron chi connectivity index (χ1n) is 10.4. The average molecular weight is 328 g/mol. The molecule has 3 fully saturated rings. The lowest BCUT2D eigenvalue weighted by molar-refractivity contribution is -0.0431. The molecule has 0 spiro atoms. The van der Waals surface area contributed by atoms with Crippen molar-refractivity contribution in [2.24, 2.45) is 17.8 Å². The number of hydrogen-bond acceptors (Lipinski definition) is 2. The summed E-state index contributed by atoms with van der Waals surface area (Å²) >= 11 is 0. The van der Waals surface area contributed by atoms with Crippen molar-refractivity contribution in [2.75, 3.05) is 0 Å². The molecule has 0 radical (unpaired) electrons. The van der Waals surface area contributed by atoms with Gasteiger partial charge in [0.25, 0.3) is 0 Å². The van der Waals surface area contributed by atoms with E-state index in [1.165, 1.54) is 63.5 Å². The van der Waals surface area contributed by atoms with Crippen LogP contribution in [0.25, 0.3) is 0 Å². The molecule has 132 valence electrons. The molecule has 0 saturated heterocycles. The molecule has 3 aliphatic carbocycles. The van der Waals surface area contributed by atoms with Crippen molar-refractivity contribution in [1.29, 1.82) is 0 Å². The van der Waals surface area contributed by atoms with Crippen molar-refractivity contribution >= 4 is 0 Å². The van der Waals surface area contributed by atoms with Gasteiger partial charge in [-0.15, -0.1) is 0 Å². The highest BCUT2D eigenvalue weighted by Gasteiger charge is 2.47. The molecular weight excluding hydrogens is 296 g/mol. The van der Waals surface area contributed by atoms with E-state index < -0.39 is 0 Å². The minimum atomic E-state index is -0.120. The van der Waals surface area contributed by atoms with Gasteiger partial charge in [0.15, 0.2) is 0 Å². The molecule has 7 atom stereocenters. The molecular formula is C21H32N2O. The Morgan fingerprint density at radius 1 is 0.958 bits per heavy atom. The Kier molecular flexibility index (Phi) is 3.98. The van der Waals surface area contributed by atoms with Gasteiger partial charge in [-0.25, -0.2) is 0 Å². The van der Waals surface area contributed by atoms with Crippen LogP contribution >= 0.6 is 0 Å². The number of fused-ring (bicyclic) bond motifs is 4. The van der Waals surface area contributed by atoms with E-state index in [-0.39, 0.29) is 6.10 Å². The number of nitrogens with one attached hydrogen (secondary N) is 1. The highest BCUT2D eigenvalue weighted by Crippen LogP contribution is 2.50. The lowest BCUT2D eigenvalue weighted by Gasteiger charge is -2.51. The SMILES string of the molecule is OC1CCC2CCCCC2C1C1NC2CCCCC2n2cccc21. The maximum absolute atomic E-state index is 11.0. The number of aliphatic hydroxyl groups is 1. The summed E-state index contributed by atoms with van der Waals surface area (Å²) < 4.78 is 2.57. The van der Waals surface area contributed by atoms with Gasteiger partial charge in [-0.1, -0.05) is 32.1 Å². The molecule has 2 N–H and O–H groups in total. The zero-order valence-corrected chi connectivity index (χ0v) is 14.7. The minimum Gasteiger partial charge on any atom is -0.393 e. The van der Waals surface area contributed by atoms with Gasteiger partial charge in [0.2, 0.25) is 0 Å². The van der Waals surface area contributed by atoms with Crippen molar-refractivity contribution in [3.8, 4) is 0 Å². The largest absolute Gasteiger partial charge is 0.393 e. The van der Waals surface area contributed by atoms with Crippen LogP contribution in [0.2, 0.25) is 0 Å². The zero-order chi connectivity index (χ0) is 16.1. The van der Waals surface area contributed by atoms with Gasteiger partial charge in [-0.3, -0.25) is 0 Å². The van der Waals surface area contributed by atoms with E-state index in [2.05, 4.69) is 28.2 Å². The second-order valence-electron chi connectivity index (χ2n) is 8.87. The lowest BCUT2D eigenvalue weighted by Crippen LogP contribution is -2.54. The topological polar surface area (TPSA) is 37.2 Å². The summed E-state index contributed by atoms with van der Waals surface area (Å²) in [6.45, 7) is 0. The number of hydrogen-bond donors (Lipinski definition) is 2. The third-order valence-corrected chi connectivity index (χ3v) is 7.74. The van der Waals surface area contributed by atoms with E-state index >= 15 is 0 Å². The molecule has 0 aromatic carbocycles. The number of nitrogens with zero attached hydrogens (tertiary/aromatic N) is 1. The van der Waals surface area contributed by atoms with Crippen LogP contribution in [0.5, 0.6) is 0 Å². The van der Waals surface area contributed by atoms with Gasteiger partial charge in [0.05, 0.1) is 12.1 Å². The molecule has 4 aliphatic rings. The Labute approximate surface area is 145 Å². The Balaban J connectivity index is 1.50. The van der Waals surface area contributed by atoms with Crippen LogP contribution in [0.4, 0.5) is 0 Å². The number of rotatable bonds is 1. The Bertz CT molecular complexity index is 582. The van der Waals surface area contributed by atoms with Crippen LogP contribution in [0, 0.1) is 17.8 Å². The highest BCUT2D eigenvalue weighted by molar-refractivity contribution is 5.20. The monoisotopic (exact) mass is 328 g/mol. The summed E-state index contributed by atoms with van der Waals surface area (Å²) in [6.07, 6.45) is 15.3. The van der Waals surface area contributed by atoms with Gasteiger partial charge in [-0.2, -0.15) is 0 Å². The fourth-order valence-corrected chi connectivity index (χ4v) is 6.67. The normalized spacial score (nSPS) is 45.1. The summed E-state index contributed by atoms with van der Waals surface area (Å²) in [4.78, 5) is 0. The Morgan fingerprint density at radius 2 is 1.79 bits per heavy atom. The molecule has 5 rings (SSSR count). The van der Waals surface area contributed by atoms with Gasteiger partial charge in [-0.05, 0) is 56.1 Å². The highest BCUT2D eigenvalue weighted by atomic mass is 16.3. The molecule has 3 saturated carbocycles. The summed E-state index contributed by atoms with van der Waals surface area (Å²) in [7, 11) is 0. The molecule has 1 aromatic heterocycles. The predicted octanol–water partition coefficient (Wildman–Crippen LogP) is 4.19. The second kappa shape index (κ2) is 6.17. The maximum atomic E-state index is 11.0. The summed E-state index contributed by atoms with van der Waals surface area (Å²) in [5.74, 6) is 2.01. The van der Waals surface area contributed by atoms with Crippen molar-refractivity contribution in [1.82, 2.24) is 9.88 Å². The third kappa shape index (κ3) is 2.39. The second-order valence-corrected chi connectivity index (χ2v) is 8.87. The standard InChI is InChI=1S/C21H32N2O/c24-19-12-11-14-6-1-2-7-15(14)20(19)21-18-10-5-13-23(18)17-9-4-3-8-16(17)22-21/h5,10,13-17,19-22,24H,1-4,6-9,11-12H2. The number of aliphatic hydroxyl groups excluding tert-OH is 1. The molecule has 3 heteroatoms. The van der Waals surface area contributed by atoms with E-state index in [9.17, 15) is 5.11 Å². The molecule has 0 bridgehead atoms. The Morgan fingerprint density at radius 3 is 2.75 bits per heavy atom. The van der Waals surface area contributed by atoms with Crippen LogP contribution in [0.15, 0.2) is 18.3 Å². The fraction of sp³-hybridized carbons (Fsp3) is 0.810. The van der Waals surface area contributed by atoms with Crippen LogP contribution in [-0.2, 0) is 0 Å². The predicted molar refractivity (Wildman–Crippen MR) is 95.8 cm³/mol. The van der Waals surface area contributed by atoms with Crippen molar-refractivity contribution in [3.05, 3.63) is 24.0 Å². The summed E-state index contributed by atoms with van der Waals surface area (Å²) in [5, 5.41) is 15.0. The van der Waals surface area contributed by atoms with Crippen LogP contribution in [-0.4, -0.2) is 21.8 Å². The molecule has 7 unspecified atom stereocenters. The minimum absolute atomic E-state index is 0.120. The van der Waals surface area contributed by atoms with E-state index in [0.717, 1.165) is 18.3 Å². The van der Waals surface area contributed by atoms with Crippen molar-refractivity contribution in [2.45, 2.75) is 88.4 Å². The first-order chi connectivity index (χ1) is 11.8. The first kappa shape index (κ1) is 15.5. The smallest absolute Gasteiger partial charge is 0.0590 e. The van der Waals surface area contributed by atoms with E-state index in [1.807, 2.05) is 0 Å². The summed E-state index contributed by atoms with van der Waals surface area (Å²) in [5.41, 5.74) is 1.45. The number of aromatic nitrogens is 1. The van der Waals surface area contributed by atoms with Gasteiger partial charge in [0, 0.05) is 29.9 Å². The van der Waals surface area contributed by atoms with Gasteiger partial charge < -0.3 is 15.0 Å². The van der Waals surface area contributed by atoms with E-state index in [4.69, 9.17) is 0 Å². The zero-order valence-electron chi connectivity index (χ0n) is 14.7. The van der Waals surface area contributed by atoms with E-state index in [0.29, 0.717) is 24.0 Å². The molecule has 24 heavy (non-hydrogen) atoms. The maximum Gasteiger partial charge on any atom is 0.0590 e. The molecule has 3 nitrogen and oxygen atoms in total. The quantitative estimate of drug-likeness (QED) is 0.811. The van der Waals surface area contributed by atoms with Gasteiger partial charge in [0.1, 0.15) is 0 Å². The summed E-state index contributed by atoms with van der Waals surface area (Å²) in [6, 6.07) is 6.17. The third-order valence-electron chi connectivity index (χ3n) is 7.74.